The van der Waals surface area contributed by atoms with Crippen LogP contribution in [0.4, 0.5) is 16.3 Å². The van der Waals surface area contributed by atoms with E-state index in [-0.39, 0.29) is 12.1 Å². The Balaban J connectivity index is 1.67. The first-order valence-corrected chi connectivity index (χ1v) is 10.8. The van der Waals surface area contributed by atoms with Gasteiger partial charge in [0.2, 0.25) is 0 Å². The van der Waals surface area contributed by atoms with Crippen molar-refractivity contribution in [2.45, 2.75) is 57.5 Å². The van der Waals surface area contributed by atoms with Crippen LogP contribution in [0.25, 0.3) is 22.3 Å². The summed E-state index contributed by atoms with van der Waals surface area (Å²) >= 11 is 0. The third-order valence-electron chi connectivity index (χ3n) is 5.84. The highest BCUT2D eigenvalue weighted by atomic mass is 16.4. The molecule has 1 amide bonds. The molecule has 3 aromatic heterocycles. The lowest BCUT2D eigenvalue weighted by molar-refractivity contribution is 0.185. The molecular formula is C22H29N7O2. The van der Waals surface area contributed by atoms with Gasteiger partial charge in [-0.2, -0.15) is 0 Å². The standard InChI is InChI=1S/C22H29N7O2/c1-3-4-15-9-16-20(27-13-5-7-14(8-6-13)29-22(30)31)17(11-24-21(16)28-15)18-10-19(23-2)26-12-25-18/h9-14,29H,3-8H2,1-2H3,(H,30,31)(H,23,25,26)(H2,24,27,28). The molecule has 0 saturated heterocycles. The summed E-state index contributed by atoms with van der Waals surface area (Å²) in [4.78, 5) is 27.8. The number of fused-ring (bicyclic) bond motifs is 1. The first-order valence-electron chi connectivity index (χ1n) is 10.8. The summed E-state index contributed by atoms with van der Waals surface area (Å²) in [5, 5.41) is 19.5. The zero-order valence-electron chi connectivity index (χ0n) is 17.9. The molecule has 0 atom stereocenters. The average Bonchev–Trinajstić information content (AvgIpc) is 3.18. The Morgan fingerprint density at radius 3 is 2.65 bits per heavy atom. The van der Waals surface area contributed by atoms with Crippen LogP contribution < -0.4 is 16.0 Å². The minimum Gasteiger partial charge on any atom is -0.465 e. The average molecular weight is 424 g/mol. The maximum atomic E-state index is 10.9. The lowest BCUT2D eigenvalue weighted by Crippen LogP contribution is -2.39. The van der Waals surface area contributed by atoms with E-state index in [0.29, 0.717) is 0 Å². The van der Waals surface area contributed by atoms with Crippen LogP contribution in [0, 0.1) is 0 Å². The van der Waals surface area contributed by atoms with Crippen LogP contribution in [0.2, 0.25) is 0 Å². The SMILES string of the molecule is CCCc1cc2c(NC3CCC(NC(=O)O)CC3)c(-c3cc(NC)ncn3)cnc2[nH]1. The molecule has 0 aromatic carbocycles. The molecule has 164 valence electrons. The minimum absolute atomic E-state index is 0.0240. The molecule has 0 bridgehead atoms. The first-order chi connectivity index (χ1) is 15.1. The fourth-order valence-electron chi connectivity index (χ4n) is 4.29. The lowest BCUT2D eigenvalue weighted by Gasteiger charge is -2.30. The Hall–Kier alpha value is -3.36. The van der Waals surface area contributed by atoms with Gasteiger partial charge in [-0.3, -0.25) is 0 Å². The summed E-state index contributed by atoms with van der Waals surface area (Å²) < 4.78 is 0. The number of carboxylic acid groups (broad SMARTS) is 1. The molecule has 0 unspecified atom stereocenters. The number of aryl methyl sites for hydroxylation is 1. The fourth-order valence-corrected chi connectivity index (χ4v) is 4.29. The van der Waals surface area contributed by atoms with Gasteiger partial charge < -0.3 is 26.0 Å². The molecule has 0 spiro atoms. The molecule has 3 heterocycles. The predicted molar refractivity (Wildman–Crippen MR) is 121 cm³/mol. The van der Waals surface area contributed by atoms with E-state index in [1.54, 1.807) is 6.33 Å². The Bertz CT molecular complexity index is 1060. The number of amides is 1. The van der Waals surface area contributed by atoms with E-state index < -0.39 is 6.09 Å². The number of anilines is 2. The monoisotopic (exact) mass is 423 g/mol. The Morgan fingerprint density at radius 1 is 1.16 bits per heavy atom. The number of rotatable bonds is 7. The molecule has 1 fully saturated rings. The van der Waals surface area contributed by atoms with Crippen molar-refractivity contribution in [3.05, 3.63) is 30.4 Å². The second kappa shape index (κ2) is 9.20. The van der Waals surface area contributed by atoms with Crippen molar-refractivity contribution in [3.63, 3.8) is 0 Å². The van der Waals surface area contributed by atoms with Crippen LogP contribution in [-0.2, 0) is 6.42 Å². The molecule has 0 aliphatic heterocycles. The molecule has 0 radical (unpaired) electrons. The summed E-state index contributed by atoms with van der Waals surface area (Å²) in [7, 11) is 1.83. The normalized spacial score (nSPS) is 18.6. The van der Waals surface area contributed by atoms with E-state index in [4.69, 9.17) is 5.11 Å². The number of nitrogens with one attached hydrogen (secondary N) is 4. The van der Waals surface area contributed by atoms with Crippen molar-refractivity contribution in [1.82, 2.24) is 25.3 Å². The third-order valence-corrected chi connectivity index (χ3v) is 5.84. The van der Waals surface area contributed by atoms with Crippen LogP contribution in [-0.4, -0.2) is 50.3 Å². The van der Waals surface area contributed by atoms with Crippen LogP contribution >= 0.6 is 0 Å². The van der Waals surface area contributed by atoms with E-state index in [1.807, 2.05) is 19.3 Å². The second-order valence-corrected chi connectivity index (χ2v) is 8.03. The number of pyridine rings is 1. The Morgan fingerprint density at radius 2 is 1.94 bits per heavy atom. The van der Waals surface area contributed by atoms with Crippen LogP contribution in [0.3, 0.4) is 0 Å². The predicted octanol–water partition coefficient (Wildman–Crippen LogP) is 4.00. The van der Waals surface area contributed by atoms with Gasteiger partial charge in [0, 0.05) is 48.0 Å². The molecule has 1 saturated carbocycles. The lowest BCUT2D eigenvalue weighted by atomic mass is 9.90. The molecular weight excluding hydrogens is 394 g/mol. The second-order valence-electron chi connectivity index (χ2n) is 8.03. The number of hydrogen-bond acceptors (Lipinski definition) is 6. The number of H-pyrrole nitrogens is 1. The molecule has 31 heavy (non-hydrogen) atoms. The first kappa shape index (κ1) is 20.9. The molecule has 5 N–H and O–H groups in total. The maximum Gasteiger partial charge on any atom is 0.404 e. The van der Waals surface area contributed by atoms with Gasteiger partial charge in [0.15, 0.2) is 0 Å². The number of carbonyl (C=O) groups is 1. The van der Waals surface area contributed by atoms with E-state index in [0.717, 1.165) is 78.0 Å². The Kier molecular flexibility index (Phi) is 6.20. The van der Waals surface area contributed by atoms with Crippen molar-refractivity contribution in [2.75, 3.05) is 17.7 Å². The molecule has 9 nitrogen and oxygen atoms in total. The Labute approximate surface area is 181 Å². The summed E-state index contributed by atoms with van der Waals surface area (Å²) in [6.07, 6.45) is 7.91. The van der Waals surface area contributed by atoms with Crippen LogP contribution in [0.1, 0.15) is 44.7 Å². The van der Waals surface area contributed by atoms with Gasteiger partial charge >= 0.3 is 6.09 Å². The van der Waals surface area contributed by atoms with Gasteiger partial charge in [0.1, 0.15) is 17.8 Å². The van der Waals surface area contributed by atoms with Gasteiger partial charge in [0.25, 0.3) is 0 Å². The molecule has 3 aromatic rings. The maximum absolute atomic E-state index is 10.9. The highest BCUT2D eigenvalue weighted by Gasteiger charge is 2.24. The topological polar surface area (TPSA) is 128 Å². The zero-order valence-corrected chi connectivity index (χ0v) is 17.9. The van der Waals surface area contributed by atoms with E-state index in [1.165, 1.54) is 0 Å². The largest absolute Gasteiger partial charge is 0.465 e. The van der Waals surface area contributed by atoms with Crippen molar-refractivity contribution < 1.29 is 9.90 Å². The third kappa shape index (κ3) is 4.70. The van der Waals surface area contributed by atoms with E-state index in [9.17, 15) is 4.79 Å². The van der Waals surface area contributed by atoms with Gasteiger partial charge in [0.05, 0.1) is 11.4 Å². The molecule has 9 heteroatoms. The van der Waals surface area contributed by atoms with Crippen molar-refractivity contribution in [3.8, 4) is 11.3 Å². The van der Waals surface area contributed by atoms with Crippen molar-refractivity contribution >= 4 is 28.6 Å². The molecule has 1 aliphatic carbocycles. The fraction of sp³-hybridized carbons (Fsp3) is 0.455. The number of aromatic amines is 1. The summed E-state index contributed by atoms with van der Waals surface area (Å²) in [5.41, 5.74) is 4.77. The number of nitrogens with zero attached hydrogens (tertiary/aromatic N) is 3. The van der Waals surface area contributed by atoms with Gasteiger partial charge in [-0.25, -0.2) is 19.7 Å². The van der Waals surface area contributed by atoms with Crippen LogP contribution in [0.5, 0.6) is 0 Å². The van der Waals surface area contributed by atoms with Gasteiger partial charge in [-0.1, -0.05) is 13.3 Å². The number of hydrogen-bond donors (Lipinski definition) is 5. The number of aromatic nitrogens is 4. The zero-order chi connectivity index (χ0) is 21.8. The quantitative estimate of drug-likeness (QED) is 0.388. The highest BCUT2D eigenvalue weighted by Crippen LogP contribution is 2.36. The highest BCUT2D eigenvalue weighted by molar-refractivity contribution is 5.98. The van der Waals surface area contributed by atoms with E-state index in [2.05, 4.69) is 48.9 Å². The van der Waals surface area contributed by atoms with Crippen molar-refractivity contribution in [1.29, 1.82) is 0 Å². The summed E-state index contributed by atoms with van der Waals surface area (Å²) in [5.74, 6) is 0.747. The molecule has 4 rings (SSSR count). The van der Waals surface area contributed by atoms with Gasteiger partial charge in [-0.15, -0.1) is 0 Å². The van der Waals surface area contributed by atoms with E-state index >= 15 is 0 Å². The summed E-state index contributed by atoms with van der Waals surface area (Å²) in [6, 6.07) is 4.37. The summed E-state index contributed by atoms with van der Waals surface area (Å²) in [6.45, 7) is 2.16. The minimum atomic E-state index is -0.950. The van der Waals surface area contributed by atoms with Gasteiger partial charge in [-0.05, 0) is 38.2 Å². The molecule has 1 aliphatic rings. The smallest absolute Gasteiger partial charge is 0.404 e. The van der Waals surface area contributed by atoms with Crippen molar-refractivity contribution in [2.24, 2.45) is 0 Å². The van der Waals surface area contributed by atoms with Crippen LogP contribution in [0.15, 0.2) is 24.7 Å².